The SMILES string of the molecule is CC1(N2CCCCC2)CCN(C(=O)OC[C@@H]2CCC[C@H](c3ccccc3F)N2S(=O)(=O)c2ccc(Cl)cc2)CC1. The molecule has 0 unspecified atom stereocenters. The first kappa shape index (κ1) is 29.3. The van der Waals surface area contributed by atoms with Gasteiger partial charge in [0.2, 0.25) is 10.0 Å². The van der Waals surface area contributed by atoms with Crippen molar-refractivity contribution in [2.24, 2.45) is 0 Å². The quantitative estimate of drug-likeness (QED) is 0.398. The van der Waals surface area contributed by atoms with Gasteiger partial charge in [-0.2, -0.15) is 4.31 Å². The van der Waals surface area contributed by atoms with E-state index in [1.54, 1.807) is 23.1 Å². The van der Waals surface area contributed by atoms with E-state index in [9.17, 15) is 17.6 Å². The minimum absolute atomic E-state index is 0.0736. The molecule has 0 bridgehead atoms. The number of benzene rings is 2. The molecule has 0 aromatic heterocycles. The molecule has 7 nitrogen and oxygen atoms in total. The smallest absolute Gasteiger partial charge is 0.409 e. The Labute approximate surface area is 242 Å². The van der Waals surface area contributed by atoms with Crippen molar-refractivity contribution in [1.29, 1.82) is 0 Å². The third kappa shape index (κ3) is 6.17. The molecule has 2 aromatic carbocycles. The highest BCUT2D eigenvalue weighted by atomic mass is 35.5. The van der Waals surface area contributed by atoms with E-state index >= 15 is 0 Å². The Hall–Kier alpha value is -2.20. The molecule has 0 aliphatic carbocycles. The first-order chi connectivity index (χ1) is 19.2. The van der Waals surface area contributed by atoms with E-state index in [2.05, 4.69) is 11.8 Å². The molecule has 3 heterocycles. The molecule has 0 radical (unpaired) electrons. The summed E-state index contributed by atoms with van der Waals surface area (Å²) in [5.74, 6) is -0.452. The number of nitrogens with zero attached hydrogens (tertiary/aromatic N) is 3. The molecule has 3 aliphatic heterocycles. The van der Waals surface area contributed by atoms with Gasteiger partial charge in [0.05, 0.1) is 17.0 Å². The Morgan fingerprint density at radius 3 is 2.33 bits per heavy atom. The molecule has 1 amide bonds. The van der Waals surface area contributed by atoms with Crippen LogP contribution in [0.3, 0.4) is 0 Å². The molecule has 5 rings (SSSR count). The molecular weight excluding hydrogens is 553 g/mol. The summed E-state index contributed by atoms with van der Waals surface area (Å²) in [4.78, 5) is 17.5. The van der Waals surface area contributed by atoms with Crippen molar-refractivity contribution in [3.63, 3.8) is 0 Å². The summed E-state index contributed by atoms with van der Waals surface area (Å²) in [5, 5.41) is 0.423. The summed E-state index contributed by atoms with van der Waals surface area (Å²) in [6.45, 7) is 5.66. The maximum absolute atomic E-state index is 14.9. The summed E-state index contributed by atoms with van der Waals surface area (Å²) < 4.78 is 50.0. The average molecular weight is 592 g/mol. The number of ether oxygens (including phenoxy) is 1. The van der Waals surface area contributed by atoms with Gasteiger partial charge < -0.3 is 9.64 Å². The molecule has 0 spiro atoms. The van der Waals surface area contributed by atoms with Crippen LogP contribution in [0, 0.1) is 5.82 Å². The zero-order chi connectivity index (χ0) is 28.3. The molecule has 3 aliphatic rings. The van der Waals surface area contributed by atoms with Crippen molar-refractivity contribution >= 4 is 27.7 Å². The second kappa shape index (κ2) is 12.3. The van der Waals surface area contributed by atoms with E-state index in [0.29, 0.717) is 42.9 Å². The zero-order valence-corrected chi connectivity index (χ0v) is 24.7. The van der Waals surface area contributed by atoms with Crippen molar-refractivity contribution in [2.45, 2.75) is 80.8 Å². The minimum Gasteiger partial charge on any atom is -0.448 e. The maximum Gasteiger partial charge on any atom is 0.409 e. The van der Waals surface area contributed by atoms with E-state index < -0.39 is 34.0 Å². The Balaban J connectivity index is 1.31. The lowest BCUT2D eigenvalue weighted by Gasteiger charge is -2.48. The van der Waals surface area contributed by atoms with E-state index in [1.807, 2.05) is 0 Å². The Kier molecular flexibility index (Phi) is 9.05. The van der Waals surface area contributed by atoms with Gasteiger partial charge in [-0.05, 0) is 95.3 Å². The topological polar surface area (TPSA) is 70.2 Å². The third-order valence-corrected chi connectivity index (χ3v) is 11.2. The number of piperidine rings is 3. The maximum atomic E-state index is 14.9. The minimum atomic E-state index is -4.05. The highest BCUT2D eigenvalue weighted by Gasteiger charge is 2.43. The number of hydrogen-bond acceptors (Lipinski definition) is 5. The predicted molar refractivity (Wildman–Crippen MR) is 153 cm³/mol. The number of amides is 1. The number of hydrogen-bond donors (Lipinski definition) is 0. The number of sulfonamides is 1. The number of carbonyl (C=O) groups is 1. The second-order valence-electron chi connectivity index (χ2n) is 11.5. The van der Waals surface area contributed by atoms with Crippen molar-refractivity contribution < 1.29 is 22.3 Å². The van der Waals surface area contributed by atoms with Gasteiger partial charge in [0, 0.05) is 29.2 Å². The Morgan fingerprint density at radius 1 is 0.975 bits per heavy atom. The fourth-order valence-corrected chi connectivity index (χ4v) is 8.48. The number of halogens is 2. The lowest BCUT2D eigenvalue weighted by atomic mass is 9.86. The largest absolute Gasteiger partial charge is 0.448 e. The fraction of sp³-hybridized carbons (Fsp3) is 0.567. The number of likely N-dealkylation sites (tertiary alicyclic amines) is 2. The molecule has 3 fully saturated rings. The fourth-order valence-electron chi connectivity index (χ4n) is 6.52. The predicted octanol–water partition coefficient (Wildman–Crippen LogP) is 6.24. The van der Waals surface area contributed by atoms with Crippen LogP contribution >= 0.6 is 11.6 Å². The van der Waals surface area contributed by atoms with Gasteiger partial charge in [0.1, 0.15) is 12.4 Å². The van der Waals surface area contributed by atoms with E-state index in [-0.39, 0.29) is 17.0 Å². The van der Waals surface area contributed by atoms with Crippen LogP contribution in [-0.2, 0) is 14.8 Å². The molecule has 0 N–H and O–H groups in total. The second-order valence-corrected chi connectivity index (χ2v) is 13.8. The van der Waals surface area contributed by atoms with E-state index in [1.165, 1.54) is 53.9 Å². The van der Waals surface area contributed by atoms with Crippen molar-refractivity contribution in [3.05, 3.63) is 64.9 Å². The Morgan fingerprint density at radius 2 is 1.65 bits per heavy atom. The van der Waals surface area contributed by atoms with Crippen molar-refractivity contribution in [3.8, 4) is 0 Å². The van der Waals surface area contributed by atoms with Gasteiger partial charge in [0.25, 0.3) is 0 Å². The first-order valence-electron chi connectivity index (χ1n) is 14.4. The molecule has 218 valence electrons. The van der Waals surface area contributed by atoms with Crippen molar-refractivity contribution in [2.75, 3.05) is 32.8 Å². The molecule has 3 saturated heterocycles. The van der Waals surface area contributed by atoms with Crippen LogP contribution in [0.15, 0.2) is 53.4 Å². The van der Waals surface area contributed by atoms with Crippen LogP contribution in [0.5, 0.6) is 0 Å². The first-order valence-corrected chi connectivity index (χ1v) is 16.2. The molecule has 40 heavy (non-hydrogen) atoms. The molecule has 2 atom stereocenters. The zero-order valence-electron chi connectivity index (χ0n) is 23.1. The summed E-state index contributed by atoms with van der Waals surface area (Å²) in [7, 11) is -4.05. The average Bonchev–Trinajstić information content (AvgIpc) is 2.97. The normalized spacial score (nSPS) is 24.5. The van der Waals surface area contributed by atoms with Crippen LogP contribution in [0.2, 0.25) is 5.02 Å². The highest BCUT2D eigenvalue weighted by Crippen LogP contribution is 2.40. The van der Waals surface area contributed by atoms with Gasteiger partial charge in [-0.15, -0.1) is 0 Å². The Bertz CT molecular complexity index is 1280. The van der Waals surface area contributed by atoms with Crippen LogP contribution in [0.25, 0.3) is 0 Å². The molecule has 0 saturated carbocycles. The van der Waals surface area contributed by atoms with Crippen LogP contribution < -0.4 is 0 Å². The summed E-state index contributed by atoms with van der Waals surface area (Å²) in [5.41, 5.74) is 0.417. The summed E-state index contributed by atoms with van der Waals surface area (Å²) >= 11 is 6.02. The van der Waals surface area contributed by atoms with Crippen LogP contribution in [0.1, 0.15) is 69.9 Å². The summed E-state index contributed by atoms with van der Waals surface area (Å²) in [6, 6.07) is 10.9. The third-order valence-electron chi connectivity index (χ3n) is 8.95. The summed E-state index contributed by atoms with van der Waals surface area (Å²) in [6.07, 6.45) is 6.77. The monoisotopic (exact) mass is 591 g/mol. The number of carbonyl (C=O) groups excluding carboxylic acids is 1. The van der Waals surface area contributed by atoms with Crippen molar-refractivity contribution in [1.82, 2.24) is 14.1 Å². The van der Waals surface area contributed by atoms with Crippen LogP contribution in [0.4, 0.5) is 9.18 Å². The van der Waals surface area contributed by atoms with Gasteiger partial charge in [0.15, 0.2) is 0 Å². The molecule has 10 heteroatoms. The molecular formula is C30H39ClFN3O4S. The lowest BCUT2D eigenvalue weighted by Crippen LogP contribution is -2.56. The van der Waals surface area contributed by atoms with Gasteiger partial charge in [-0.1, -0.05) is 36.2 Å². The molecule has 2 aromatic rings. The van der Waals surface area contributed by atoms with Crippen LogP contribution in [-0.4, -0.2) is 73.0 Å². The van der Waals surface area contributed by atoms with E-state index in [4.69, 9.17) is 16.3 Å². The van der Waals surface area contributed by atoms with Gasteiger partial charge in [-0.25, -0.2) is 17.6 Å². The van der Waals surface area contributed by atoms with Gasteiger partial charge >= 0.3 is 6.09 Å². The lowest BCUT2D eigenvalue weighted by molar-refractivity contribution is 0.0113. The van der Waals surface area contributed by atoms with E-state index in [0.717, 1.165) is 25.9 Å². The number of rotatable bonds is 6. The van der Waals surface area contributed by atoms with Gasteiger partial charge in [-0.3, -0.25) is 4.90 Å². The standard InChI is InChI=1S/C30H39ClFN3O4S/c1-30(34-18-5-2-6-19-34)16-20-33(21-17-30)29(36)39-22-24-8-7-11-28(26-9-3-4-10-27(26)32)35(24)40(37,38)25-14-12-23(31)13-15-25/h3-4,9-10,12-15,24,28H,2,5-8,11,16-22H2,1H3/t24-,28+/m0/s1. The highest BCUT2D eigenvalue weighted by molar-refractivity contribution is 7.89.